The maximum absolute atomic E-state index is 5.96. The standard InChI is InChI=1S/C12H13ClN2/c1-7-14-11(6-12(13)15-7)10-5-8-2-3-9(10)4-8/h2-3,6,8-10H,4-5H2,1H3. The van der Waals surface area contributed by atoms with Crippen molar-refractivity contribution in [2.45, 2.75) is 25.7 Å². The van der Waals surface area contributed by atoms with Gasteiger partial charge in [-0.1, -0.05) is 23.8 Å². The SMILES string of the molecule is Cc1nc(Cl)cc(C2CC3C=CC2C3)n1. The van der Waals surface area contributed by atoms with Crippen LogP contribution in [0.25, 0.3) is 0 Å². The Morgan fingerprint density at radius 1 is 1.27 bits per heavy atom. The van der Waals surface area contributed by atoms with E-state index in [2.05, 4.69) is 22.1 Å². The van der Waals surface area contributed by atoms with Gasteiger partial charge in [0.25, 0.3) is 0 Å². The average Bonchev–Trinajstić information content (AvgIpc) is 2.76. The van der Waals surface area contributed by atoms with Crippen LogP contribution in [-0.4, -0.2) is 9.97 Å². The van der Waals surface area contributed by atoms with Crippen LogP contribution in [0.2, 0.25) is 5.15 Å². The first kappa shape index (κ1) is 9.34. The van der Waals surface area contributed by atoms with Crippen molar-refractivity contribution >= 4 is 11.6 Å². The van der Waals surface area contributed by atoms with Gasteiger partial charge in [0.05, 0.1) is 0 Å². The van der Waals surface area contributed by atoms with E-state index in [1.807, 2.05) is 13.0 Å². The first-order valence-electron chi connectivity index (χ1n) is 5.42. The Morgan fingerprint density at radius 3 is 2.73 bits per heavy atom. The molecule has 2 nitrogen and oxygen atoms in total. The minimum absolute atomic E-state index is 0.569. The monoisotopic (exact) mass is 220 g/mol. The van der Waals surface area contributed by atoms with Crippen molar-refractivity contribution in [1.29, 1.82) is 0 Å². The summed E-state index contributed by atoms with van der Waals surface area (Å²) < 4.78 is 0. The van der Waals surface area contributed by atoms with Gasteiger partial charge in [-0.2, -0.15) is 0 Å². The molecule has 2 aliphatic carbocycles. The van der Waals surface area contributed by atoms with E-state index in [9.17, 15) is 0 Å². The Kier molecular flexibility index (Phi) is 2.06. The van der Waals surface area contributed by atoms with Crippen LogP contribution in [0, 0.1) is 18.8 Å². The highest BCUT2D eigenvalue weighted by atomic mass is 35.5. The van der Waals surface area contributed by atoms with Crippen LogP contribution in [0.4, 0.5) is 0 Å². The third-order valence-electron chi connectivity index (χ3n) is 3.49. The number of aromatic nitrogens is 2. The quantitative estimate of drug-likeness (QED) is 0.537. The molecule has 1 aromatic rings. The Labute approximate surface area is 94.4 Å². The van der Waals surface area contributed by atoms with Gasteiger partial charge in [0, 0.05) is 11.6 Å². The summed E-state index contributed by atoms with van der Waals surface area (Å²) in [5.74, 6) is 2.80. The highest BCUT2D eigenvalue weighted by Crippen LogP contribution is 2.48. The second-order valence-electron chi connectivity index (χ2n) is 4.55. The zero-order chi connectivity index (χ0) is 10.4. The van der Waals surface area contributed by atoms with Gasteiger partial charge in [-0.15, -0.1) is 0 Å². The molecule has 0 aromatic carbocycles. The van der Waals surface area contributed by atoms with Crippen LogP contribution < -0.4 is 0 Å². The predicted octanol–water partition coefficient (Wildman–Crippen LogP) is 3.12. The summed E-state index contributed by atoms with van der Waals surface area (Å²) in [6.45, 7) is 1.90. The van der Waals surface area contributed by atoms with E-state index in [-0.39, 0.29) is 0 Å². The van der Waals surface area contributed by atoms with Gasteiger partial charge in [0.2, 0.25) is 0 Å². The maximum Gasteiger partial charge on any atom is 0.133 e. The van der Waals surface area contributed by atoms with Gasteiger partial charge in [-0.3, -0.25) is 0 Å². The van der Waals surface area contributed by atoms with Gasteiger partial charge in [-0.25, -0.2) is 9.97 Å². The lowest BCUT2D eigenvalue weighted by Gasteiger charge is -2.17. The van der Waals surface area contributed by atoms with Crippen LogP contribution in [0.3, 0.4) is 0 Å². The van der Waals surface area contributed by atoms with Crippen molar-refractivity contribution in [2.24, 2.45) is 11.8 Å². The highest BCUT2D eigenvalue weighted by Gasteiger charge is 2.37. The van der Waals surface area contributed by atoms with E-state index < -0.39 is 0 Å². The lowest BCUT2D eigenvalue weighted by molar-refractivity contribution is 0.567. The van der Waals surface area contributed by atoms with Crippen LogP contribution in [0.15, 0.2) is 18.2 Å². The molecule has 2 aliphatic rings. The summed E-state index contributed by atoms with van der Waals surface area (Å²) in [7, 11) is 0. The Bertz CT molecular complexity index is 407. The summed E-state index contributed by atoms with van der Waals surface area (Å²) in [4.78, 5) is 8.61. The molecule has 3 heteroatoms. The van der Waals surface area contributed by atoms with Gasteiger partial charge in [0.15, 0.2) is 0 Å². The zero-order valence-electron chi connectivity index (χ0n) is 8.65. The van der Waals surface area contributed by atoms with Gasteiger partial charge in [0.1, 0.15) is 11.0 Å². The molecule has 3 unspecified atom stereocenters. The molecule has 0 amide bonds. The fraction of sp³-hybridized carbons (Fsp3) is 0.500. The fourth-order valence-electron chi connectivity index (χ4n) is 2.86. The number of halogens is 1. The van der Waals surface area contributed by atoms with Crippen molar-refractivity contribution in [3.05, 3.63) is 34.9 Å². The Morgan fingerprint density at radius 2 is 2.13 bits per heavy atom. The fourth-order valence-corrected chi connectivity index (χ4v) is 3.10. The zero-order valence-corrected chi connectivity index (χ0v) is 9.41. The molecule has 1 fully saturated rings. The summed E-state index contributed by atoms with van der Waals surface area (Å²) in [5, 5.41) is 0.573. The normalized spacial score (nSPS) is 32.5. The Balaban J connectivity index is 1.96. The molecule has 0 saturated heterocycles. The molecule has 0 radical (unpaired) electrons. The average molecular weight is 221 g/mol. The Hall–Kier alpha value is -0.890. The second kappa shape index (κ2) is 3.31. The van der Waals surface area contributed by atoms with Crippen molar-refractivity contribution in [3.63, 3.8) is 0 Å². The van der Waals surface area contributed by atoms with E-state index in [0.29, 0.717) is 17.0 Å². The highest BCUT2D eigenvalue weighted by molar-refractivity contribution is 6.29. The molecule has 3 rings (SSSR count). The van der Waals surface area contributed by atoms with Gasteiger partial charge < -0.3 is 0 Å². The molecule has 0 aliphatic heterocycles. The number of hydrogen-bond donors (Lipinski definition) is 0. The largest absolute Gasteiger partial charge is 0.238 e. The summed E-state index contributed by atoms with van der Waals surface area (Å²) in [6.07, 6.45) is 7.21. The molecule has 3 atom stereocenters. The molecule has 78 valence electrons. The predicted molar refractivity (Wildman–Crippen MR) is 59.9 cm³/mol. The lowest BCUT2D eigenvalue weighted by Crippen LogP contribution is -2.08. The molecule has 0 spiro atoms. The van der Waals surface area contributed by atoms with Gasteiger partial charge in [-0.05, 0) is 37.7 Å². The number of fused-ring (bicyclic) bond motifs is 2. The van der Waals surface area contributed by atoms with E-state index in [4.69, 9.17) is 11.6 Å². The van der Waals surface area contributed by atoms with Crippen molar-refractivity contribution in [2.75, 3.05) is 0 Å². The lowest BCUT2D eigenvalue weighted by atomic mass is 9.90. The van der Waals surface area contributed by atoms with E-state index in [1.165, 1.54) is 12.8 Å². The van der Waals surface area contributed by atoms with Gasteiger partial charge >= 0.3 is 0 Å². The number of aryl methyl sites for hydroxylation is 1. The number of hydrogen-bond acceptors (Lipinski definition) is 2. The minimum Gasteiger partial charge on any atom is -0.238 e. The van der Waals surface area contributed by atoms with E-state index in [1.54, 1.807) is 0 Å². The summed E-state index contributed by atoms with van der Waals surface area (Å²) >= 11 is 5.96. The van der Waals surface area contributed by atoms with E-state index in [0.717, 1.165) is 17.4 Å². The van der Waals surface area contributed by atoms with Crippen LogP contribution in [0.1, 0.15) is 30.3 Å². The van der Waals surface area contributed by atoms with Crippen molar-refractivity contribution in [1.82, 2.24) is 9.97 Å². The molecule has 0 N–H and O–H groups in total. The molecule has 1 heterocycles. The first-order valence-corrected chi connectivity index (χ1v) is 5.79. The summed E-state index contributed by atoms with van der Waals surface area (Å²) in [6, 6.07) is 1.92. The topological polar surface area (TPSA) is 25.8 Å². The molecule has 2 bridgehead atoms. The number of rotatable bonds is 1. The molecular weight excluding hydrogens is 208 g/mol. The van der Waals surface area contributed by atoms with Crippen LogP contribution >= 0.6 is 11.6 Å². The number of allylic oxidation sites excluding steroid dienone is 2. The van der Waals surface area contributed by atoms with Crippen LogP contribution in [0.5, 0.6) is 0 Å². The summed E-state index contributed by atoms with van der Waals surface area (Å²) in [5.41, 5.74) is 1.13. The van der Waals surface area contributed by atoms with Crippen LogP contribution in [-0.2, 0) is 0 Å². The third-order valence-corrected chi connectivity index (χ3v) is 3.68. The molecular formula is C12H13ClN2. The first-order chi connectivity index (χ1) is 7.22. The third kappa shape index (κ3) is 1.57. The molecule has 1 saturated carbocycles. The maximum atomic E-state index is 5.96. The number of nitrogens with zero attached hydrogens (tertiary/aromatic N) is 2. The van der Waals surface area contributed by atoms with Crippen molar-refractivity contribution < 1.29 is 0 Å². The molecule has 15 heavy (non-hydrogen) atoms. The minimum atomic E-state index is 0.569. The smallest absolute Gasteiger partial charge is 0.133 e. The second-order valence-corrected chi connectivity index (χ2v) is 4.94. The van der Waals surface area contributed by atoms with Crippen molar-refractivity contribution in [3.8, 4) is 0 Å². The van der Waals surface area contributed by atoms with E-state index >= 15 is 0 Å². The molecule has 1 aromatic heterocycles.